The molecule has 0 aromatic heterocycles. The third-order valence-corrected chi connectivity index (χ3v) is 2.73. The zero-order valence-electron chi connectivity index (χ0n) is 9.53. The summed E-state index contributed by atoms with van der Waals surface area (Å²) in [5.74, 6) is -0.163. The molecule has 1 aromatic rings. The zero-order valence-corrected chi connectivity index (χ0v) is 10.4. The quantitative estimate of drug-likeness (QED) is 0.702. The Morgan fingerprint density at radius 2 is 2.06 bits per heavy atom. The van der Waals surface area contributed by atoms with Crippen LogP contribution in [-0.2, 0) is 0 Å². The Balaban J connectivity index is 2.77. The maximum absolute atomic E-state index is 11.9. The minimum Gasteiger partial charge on any atom is -0.396 e. The van der Waals surface area contributed by atoms with Crippen LogP contribution in [0.25, 0.3) is 0 Å². The van der Waals surface area contributed by atoms with Crippen molar-refractivity contribution in [3.05, 3.63) is 29.8 Å². The lowest BCUT2D eigenvalue weighted by atomic mass is 10.0. The highest BCUT2D eigenvalue weighted by Gasteiger charge is 2.21. The fourth-order valence-corrected chi connectivity index (χ4v) is 1.64. The van der Waals surface area contributed by atoms with Crippen LogP contribution >= 0.6 is 12.6 Å². The maximum Gasteiger partial charge on any atom is 0.252 e. The van der Waals surface area contributed by atoms with E-state index >= 15 is 0 Å². The van der Waals surface area contributed by atoms with Crippen LogP contribution in [0.1, 0.15) is 30.6 Å². The first-order chi connectivity index (χ1) is 7.46. The van der Waals surface area contributed by atoms with Crippen molar-refractivity contribution in [2.24, 2.45) is 0 Å². The minimum absolute atomic E-state index is 0.0514. The van der Waals surface area contributed by atoms with Gasteiger partial charge in [-0.25, -0.2) is 0 Å². The Morgan fingerprint density at radius 3 is 2.62 bits per heavy atom. The van der Waals surface area contributed by atoms with Crippen LogP contribution in [-0.4, -0.2) is 23.2 Å². The number of nitrogens with one attached hydrogen (secondary N) is 1. The fourth-order valence-electron chi connectivity index (χ4n) is 1.38. The van der Waals surface area contributed by atoms with Crippen LogP contribution in [0.3, 0.4) is 0 Å². The molecule has 16 heavy (non-hydrogen) atoms. The van der Waals surface area contributed by atoms with Crippen LogP contribution in [0.2, 0.25) is 0 Å². The Hall–Kier alpha value is -1.00. The molecule has 0 bridgehead atoms. The predicted octanol–water partition coefficient (Wildman–Crippen LogP) is 1.87. The molecule has 0 aliphatic carbocycles. The van der Waals surface area contributed by atoms with E-state index in [-0.39, 0.29) is 12.5 Å². The third kappa shape index (κ3) is 3.54. The van der Waals surface area contributed by atoms with Gasteiger partial charge in [0.1, 0.15) is 0 Å². The molecule has 2 N–H and O–H groups in total. The Bertz CT molecular complexity index is 377. The molecule has 0 spiro atoms. The lowest BCUT2D eigenvalue weighted by molar-refractivity contribution is 0.0896. The van der Waals surface area contributed by atoms with E-state index in [0.717, 1.165) is 0 Å². The van der Waals surface area contributed by atoms with Gasteiger partial charge < -0.3 is 10.4 Å². The van der Waals surface area contributed by atoms with E-state index in [2.05, 4.69) is 17.9 Å². The number of aliphatic hydroxyl groups is 1. The van der Waals surface area contributed by atoms with Gasteiger partial charge in [0.15, 0.2) is 0 Å². The molecule has 1 amide bonds. The Kier molecular flexibility index (Phi) is 4.38. The number of amides is 1. The monoisotopic (exact) mass is 239 g/mol. The first-order valence-electron chi connectivity index (χ1n) is 5.17. The summed E-state index contributed by atoms with van der Waals surface area (Å²) in [6.45, 7) is 3.81. The minimum atomic E-state index is -0.415. The van der Waals surface area contributed by atoms with E-state index in [1.54, 1.807) is 18.2 Å². The van der Waals surface area contributed by atoms with Gasteiger partial charge in [0, 0.05) is 17.0 Å². The summed E-state index contributed by atoms with van der Waals surface area (Å²) in [6, 6.07) is 7.13. The molecular weight excluding hydrogens is 222 g/mol. The fraction of sp³-hybridized carbons (Fsp3) is 0.417. The highest BCUT2D eigenvalue weighted by Crippen LogP contribution is 2.15. The SMILES string of the molecule is CC(C)(CCO)NC(=O)c1ccccc1S. The van der Waals surface area contributed by atoms with Crippen LogP contribution in [0.15, 0.2) is 29.2 Å². The Labute approximate surface area is 101 Å². The lowest BCUT2D eigenvalue weighted by Crippen LogP contribution is -2.44. The van der Waals surface area contributed by atoms with Crippen LogP contribution < -0.4 is 5.32 Å². The highest BCUT2D eigenvalue weighted by molar-refractivity contribution is 7.80. The van der Waals surface area contributed by atoms with Gasteiger partial charge in [0.05, 0.1) is 5.56 Å². The molecule has 1 aromatic carbocycles. The second-order valence-corrected chi connectivity index (χ2v) is 4.81. The highest BCUT2D eigenvalue weighted by atomic mass is 32.1. The number of carbonyl (C=O) groups excluding carboxylic acids is 1. The van der Waals surface area contributed by atoms with E-state index in [1.807, 2.05) is 19.9 Å². The average Bonchev–Trinajstić information content (AvgIpc) is 2.17. The molecule has 0 aliphatic rings. The normalized spacial score (nSPS) is 11.2. The largest absolute Gasteiger partial charge is 0.396 e. The van der Waals surface area contributed by atoms with Crippen molar-refractivity contribution in [1.29, 1.82) is 0 Å². The van der Waals surface area contributed by atoms with Crippen molar-refractivity contribution >= 4 is 18.5 Å². The van der Waals surface area contributed by atoms with Crippen LogP contribution in [0.5, 0.6) is 0 Å². The van der Waals surface area contributed by atoms with E-state index in [0.29, 0.717) is 16.9 Å². The van der Waals surface area contributed by atoms with Gasteiger partial charge >= 0.3 is 0 Å². The van der Waals surface area contributed by atoms with Crippen molar-refractivity contribution in [2.75, 3.05) is 6.61 Å². The molecule has 0 aliphatic heterocycles. The van der Waals surface area contributed by atoms with Crippen molar-refractivity contribution in [3.63, 3.8) is 0 Å². The molecule has 0 fully saturated rings. The zero-order chi connectivity index (χ0) is 12.2. The number of benzene rings is 1. The van der Waals surface area contributed by atoms with Crippen molar-refractivity contribution in [3.8, 4) is 0 Å². The standard InChI is InChI=1S/C12H17NO2S/c1-12(2,7-8-14)13-11(15)9-5-3-4-6-10(9)16/h3-6,14,16H,7-8H2,1-2H3,(H,13,15). The summed E-state index contributed by atoms with van der Waals surface area (Å²) >= 11 is 4.23. The molecule has 0 radical (unpaired) electrons. The van der Waals surface area contributed by atoms with E-state index < -0.39 is 5.54 Å². The molecule has 0 unspecified atom stereocenters. The van der Waals surface area contributed by atoms with Gasteiger partial charge in [-0.15, -0.1) is 12.6 Å². The van der Waals surface area contributed by atoms with Crippen molar-refractivity contribution < 1.29 is 9.90 Å². The second kappa shape index (κ2) is 5.37. The van der Waals surface area contributed by atoms with Gasteiger partial charge in [-0.05, 0) is 32.4 Å². The summed E-state index contributed by atoms with van der Waals surface area (Å²) in [4.78, 5) is 12.6. The van der Waals surface area contributed by atoms with Gasteiger partial charge in [-0.2, -0.15) is 0 Å². The van der Waals surface area contributed by atoms with Gasteiger partial charge in [0.25, 0.3) is 5.91 Å². The van der Waals surface area contributed by atoms with Crippen LogP contribution in [0.4, 0.5) is 0 Å². The average molecular weight is 239 g/mol. The molecule has 0 heterocycles. The lowest BCUT2D eigenvalue weighted by Gasteiger charge is -2.25. The summed E-state index contributed by atoms with van der Waals surface area (Å²) in [6.07, 6.45) is 0.521. The molecule has 0 atom stereocenters. The van der Waals surface area contributed by atoms with Gasteiger partial charge in [0.2, 0.25) is 0 Å². The topological polar surface area (TPSA) is 49.3 Å². The molecule has 0 saturated carbocycles. The van der Waals surface area contributed by atoms with Crippen LogP contribution in [0, 0.1) is 0 Å². The number of aliphatic hydroxyl groups excluding tert-OH is 1. The summed E-state index contributed by atoms with van der Waals surface area (Å²) < 4.78 is 0. The molecule has 1 rings (SSSR count). The number of hydrogen-bond donors (Lipinski definition) is 3. The second-order valence-electron chi connectivity index (χ2n) is 4.33. The number of thiol groups is 1. The third-order valence-electron chi connectivity index (χ3n) is 2.34. The summed E-state index contributed by atoms with van der Waals surface area (Å²) in [5, 5.41) is 11.7. The van der Waals surface area contributed by atoms with Gasteiger partial charge in [-0.3, -0.25) is 4.79 Å². The van der Waals surface area contributed by atoms with Crippen molar-refractivity contribution in [2.45, 2.75) is 30.7 Å². The molecule has 3 nitrogen and oxygen atoms in total. The molecule has 0 saturated heterocycles. The van der Waals surface area contributed by atoms with E-state index in [4.69, 9.17) is 5.11 Å². The summed E-state index contributed by atoms with van der Waals surface area (Å²) in [7, 11) is 0. The van der Waals surface area contributed by atoms with Gasteiger partial charge in [-0.1, -0.05) is 12.1 Å². The first kappa shape index (κ1) is 13.1. The maximum atomic E-state index is 11.9. The smallest absolute Gasteiger partial charge is 0.252 e. The number of hydrogen-bond acceptors (Lipinski definition) is 3. The summed E-state index contributed by atoms with van der Waals surface area (Å²) in [5.41, 5.74) is 0.138. The number of rotatable bonds is 4. The predicted molar refractivity (Wildman–Crippen MR) is 66.9 cm³/mol. The van der Waals surface area contributed by atoms with Crippen molar-refractivity contribution in [1.82, 2.24) is 5.32 Å². The molecule has 88 valence electrons. The molecule has 4 heteroatoms. The van der Waals surface area contributed by atoms with E-state index in [1.165, 1.54) is 0 Å². The van der Waals surface area contributed by atoms with E-state index in [9.17, 15) is 4.79 Å². The molecular formula is C12H17NO2S. The Morgan fingerprint density at radius 1 is 1.44 bits per heavy atom. The first-order valence-corrected chi connectivity index (χ1v) is 5.62. The number of carbonyl (C=O) groups is 1.